The van der Waals surface area contributed by atoms with E-state index in [9.17, 15) is 18.4 Å². The Morgan fingerprint density at radius 1 is 1.12 bits per heavy atom. The molecule has 1 N–H and O–H groups in total. The molecule has 0 spiro atoms. The van der Waals surface area contributed by atoms with E-state index in [1.54, 1.807) is 4.90 Å². The second kappa shape index (κ2) is 7.95. The van der Waals surface area contributed by atoms with Crippen LogP contribution in [-0.2, 0) is 11.3 Å². The number of hydrogen-bond acceptors (Lipinski definition) is 3. The standard InChI is InChI=1S/C19H18F2N2O3/c20-19(21)26-16-9-5-14(6-10-16)18(25)22-12-13-3-7-15(8-4-13)23-11-1-2-17(23)24/h3-10,19H,1-2,11-12H2,(H,22,25). The topological polar surface area (TPSA) is 58.6 Å². The molecule has 7 heteroatoms. The number of ether oxygens (including phenoxy) is 1. The van der Waals surface area contributed by atoms with E-state index in [1.807, 2.05) is 24.3 Å². The number of carbonyl (C=O) groups is 2. The highest BCUT2D eigenvalue weighted by Gasteiger charge is 2.21. The minimum absolute atomic E-state index is 0.00333. The Bertz CT molecular complexity index is 776. The van der Waals surface area contributed by atoms with Gasteiger partial charge in [0.05, 0.1) is 0 Å². The van der Waals surface area contributed by atoms with Gasteiger partial charge in [0.15, 0.2) is 0 Å². The van der Waals surface area contributed by atoms with Gasteiger partial charge >= 0.3 is 6.61 Å². The van der Waals surface area contributed by atoms with Crippen molar-refractivity contribution in [3.63, 3.8) is 0 Å². The molecule has 1 heterocycles. The number of rotatable bonds is 6. The molecule has 136 valence electrons. The first kappa shape index (κ1) is 17.8. The summed E-state index contributed by atoms with van der Waals surface area (Å²) in [7, 11) is 0. The highest BCUT2D eigenvalue weighted by atomic mass is 19.3. The second-order valence-electron chi connectivity index (χ2n) is 5.90. The molecule has 2 amide bonds. The van der Waals surface area contributed by atoms with E-state index in [-0.39, 0.29) is 17.6 Å². The Hall–Kier alpha value is -2.96. The van der Waals surface area contributed by atoms with Crippen LogP contribution in [0.15, 0.2) is 48.5 Å². The Labute approximate surface area is 149 Å². The highest BCUT2D eigenvalue weighted by molar-refractivity contribution is 5.95. The number of nitrogens with zero attached hydrogens (tertiary/aromatic N) is 1. The number of carbonyl (C=O) groups excluding carboxylic acids is 2. The summed E-state index contributed by atoms with van der Waals surface area (Å²) < 4.78 is 28.5. The Kier molecular flexibility index (Phi) is 5.46. The Morgan fingerprint density at radius 2 is 1.81 bits per heavy atom. The van der Waals surface area contributed by atoms with Crippen LogP contribution in [-0.4, -0.2) is 25.0 Å². The lowest BCUT2D eigenvalue weighted by molar-refractivity contribution is -0.117. The number of hydrogen-bond donors (Lipinski definition) is 1. The van der Waals surface area contributed by atoms with Gasteiger partial charge in [0.1, 0.15) is 5.75 Å². The van der Waals surface area contributed by atoms with Crippen LogP contribution in [0.25, 0.3) is 0 Å². The average molecular weight is 360 g/mol. The van der Waals surface area contributed by atoms with Gasteiger partial charge in [-0.25, -0.2) is 0 Å². The molecule has 0 aliphatic carbocycles. The first-order chi connectivity index (χ1) is 12.5. The fourth-order valence-electron chi connectivity index (χ4n) is 2.79. The fraction of sp³-hybridized carbons (Fsp3) is 0.263. The number of nitrogens with one attached hydrogen (secondary N) is 1. The van der Waals surface area contributed by atoms with E-state index in [4.69, 9.17) is 0 Å². The second-order valence-corrected chi connectivity index (χ2v) is 5.90. The van der Waals surface area contributed by atoms with E-state index in [0.29, 0.717) is 18.5 Å². The van der Waals surface area contributed by atoms with E-state index in [1.165, 1.54) is 24.3 Å². The molecule has 2 aromatic carbocycles. The average Bonchev–Trinajstić information content (AvgIpc) is 3.06. The van der Waals surface area contributed by atoms with Gasteiger partial charge in [-0.3, -0.25) is 9.59 Å². The summed E-state index contributed by atoms with van der Waals surface area (Å²) in [5.74, 6) is -0.179. The van der Waals surface area contributed by atoms with Crippen molar-refractivity contribution in [2.75, 3.05) is 11.4 Å². The maximum Gasteiger partial charge on any atom is 0.387 e. The van der Waals surface area contributed by atoms with Crippen LogP contribution >= 0.6 is 0 Å². The number of halogens is 2. The van der Waals surface area contributed by atoms with Crippen LogP contribution in [0, 0.1) is 0 Å². The molecule has 5 nitrogen and oxygen atoms in total. The maximum atomic E-state index is 12.1. The van der Waals surface area contributed by atoms with Crippen LogP contribution in [0.2, 0.25) is 0 Å². The SMILES string of the molecule is O=C(NCc1ccc(N2CCCC2=O)cc1)c1ccc(OC(F)F)cc1. The first-order valence-corrected chi connectivity index (χ1v) is 8.25. The van der Waals surface area contributed by atoms with E-state index in [0.717, 1.165) is 24.2 Å². The highest BCUT2D eigenvalue weighted by Crippen LogP contribution is 2.21. The molecule has 3 rings (SSSR count). The zero-order valence-corrected chi connectivity index (χ0v) is 14.0. The van der Waals surface area contributed by atoms with Crippen LogP contribution in [0.1, 0.15) is 28.8 Å². The van der Waals surface area contributed by atoms with Crippen molar-refractivity contribution in [1.29, 1.82) is 0 Å². The van der Waals surface area contributed by atoms with Crippen molar-refractivity contribution in [2.24, 2.45) is 0 Å². The van der Waals surface area contributed by atoms with E-state index in [2.05, 4.69) is 10.1 Å². The van der Waals surface area contributed by atoms with Crippen LogP contribution in [0.3, 0.4) is 0 Å². The smallest absolute Gasteiger partial charge is 0.387 e. The van der Waals surface area contributed by atoms with Gasteiger partial charge in [-0.1, -0.05) is 12.1 Å². The molecule has 26 heavy (non-hydrogen) atoms. The molecule has 0 aromatic heterocycles. The molecule has 2 aromatic rings. The van der Waals surface area contributed by atoms with Crippen molar-refractivity contribution >= 4 is 17.5 Å². The normalized spacial score (nSPS) is 14.0. The molecule has 1 fully saturated rings. The minimum Gasteiger partial charge on any atom is -0.435 e. The molecule has 1 aliphatic rings. The molecule has 0 radical (unpaired) electrons. The largest absolute Gasteiger partial charge is 0.435 e. The lowest BCUT2D eigenvalue weighted by Gasteiger charge is -2.16. The zero-order chi connectivity index (χ0) is 18.5. The molecular formula is C19H18F2N2O3. The van der Waals surface area contributed by atoms with Crippen molar-refractivity contribution in [2.45, 2.75) is 26.0 Å². The lowest BCUT2D eigenvalue weighted by Crippen LogP contribution is -2.24. The third-order valence-corrected chi connectivity index (χ3v) is 4.12. The number of anilines is 1. The molecule has 0 bridgehead atoms. The summed E-state index contributed by atoms with van der Waals surface area (Å²) in [6.07, 6.45) is 1.46. The monoisotopic (exact) mass is 360 g/mol. The Balaban J connectivity index is 1.55. The quantitative estimate of drug-likeness (QED) is 0.860. The summed E-state index contributed by atoms with van der Waals surface area (Å²) in [6, 6.07) is 12.9. The summed E-state index contributed by atoms with van der Waals surface area (Å²) >= 11 is 0. The van der Waals surface area contributed by atoms with Crippen LogP contribution in [0.4, 0.5) is 14.5 Å². The molecule has 1 aliphatic heterocycles. The first-order valence-electron chi connectivity index (χ1n) is 8.25. The van der Waals surface area contributed by atoms with Gasteiger partial charge < -0.3 is 15.0 Å². The van der Waals surface area contributed by atoms with Gasteiger partial charge in [0, 0.05) is 30.8 Å². The maximum absolute atomic E-state index is 12.1. The van der Waals surface area contributed by atoms with Gasteiger partial charge in [0.25, 0.3) is 5.91 Å². The predicted molar refractivity (Wildman–Crippen MR) is 92.3 cm³/mol. The van der Waals surface area contributed by atoms with Crippen molar-refractivity contribution in [1.82, 2.24) is 5.32 Å². The van der Waals surface area contributed by atoms with Gasteiger partial charge in [0.2, 0.25) is 5.91 Å². The van der Waals surface area contributed by atoms with Crippen molar-refractivity contribution in [3.05, 3.63) is 59.7 Å². The van der Waals surface area contributed by atoms with Crippen molar-refractivity contribution in [3.8, 4) is 5.75 Å². The summed E-state index contributed by atoms with van der Waals surface area (Å²) in [6.45, 7) is -1.84. The number of amides is 2. The molecule has 0 atom stereocenters. The van der Waals surface area contributed by atoms with Gasteiger partial charge in [-0.15, -0.1) is 0 Å². The predicted octanol–water partition coefficient (Wildman–Crippen LogP) is 3.34. The number of alkyl halides is 2. The summed E-state index contributed by atoms with van der Waals surface area (Å²) in [4.78, 5) is 25.6. The van der Waals surface area contributed by atoms with E-state index < -0.39 is 6.61 Å². The lowest BCUT2D eigenvalue weighted by atomic mass is 10.1. The third kappa shape index (κ3) is 4.36. The zero-order valence-electron chi connectivity index (χ0n) is 14.0. The molecule has 0 saturated carbocycles. The van der Waals surface area contributed by atoms with Gasteiger partial charge in [-0.05, 0) is 48.4 Å². The molecular weight excluding hydrogens is 342 g/mol. The fourth-order valence-corrected chi connectivity index (χ4v) is 2.79. The van der Waals surface area contributed by atoms with Crippen LogP contribution < -0.4 is 15.0 Å². The summed E-state index contributed by atoms with van der Waals surface area (Å²) in [5, 5.41) is 2.76. The van der Waals surface area contributed by atoms with Crippen molar-refractivity contribution < 1.29 is 23.1 Å². The van der Waals surface area contributed by atoms with E-state index >= 15 is 0 Å². The Morgan fingerprint density at radius 3 is 2.38 bits per heavy atom. The van der Waals surface area contributed by atoms with Gasteiger partial charge in [-0.2, -0.15) is 8.78 Å². The minimum atomic E-state index is -2.89. The third-order valence-electron chi connectivity index (χ3n) is 4.12. The number of benzene rings is 2. The van der Waals surface area contributed by atoms with Crippen LogP contribution in [0.5, 0.6) is 5.75 Å². The molecule has 1 saturated heterocycles. The molecule has 0 unspecified atom stereocenters. The summed E-state index contributed by atoms with van der Waals surface area (Å²) in [5.41, 5.74) is 2.11.